The number of ether oxygens (including phenoxy) is 1. The summed E-state index contributed by atoms with van der Waals surface area (Å²) < 4.78 is 11.7. The van der Waals surface area contributed by atoms with E-state index in [0.29, 0.717) is 23.8 Å². The number of halogens is 1. The molecule has 2 aromatic rings. The summed E-state index contributed by atoms with van der Waals surface area (Å²) in [5.41, 5.74) is 0.681. The molecule has 1 unspecified atom stereocenters. The molecular formula is C12H13BrN4O2. The minimum Gasteiger partial charge on any atom is -0.375 e. The zero-order valence-electron chi connectivity index (χ0n) is 10.2. The summed E-state index contributed by atoms with van der Waals surface area (Å²) in [5.74, 6) is 1.06. The van der Waals surface area contributed by atoms with Crippen molar-refractivity contribution in [1.82, 2.24) is 20.4 Å². The summed E-state index contributed by atoms with van der Waals surface area (Å²) in [6, 6.07) is 3.74. The van der Waals surface area contributed by atoms with Crippen molar-refractivity contribution in [3.8, 4) is 11.5 Å². The van der Waals surface area contributed by atoms with Gasteiger partial charge in [-0.3, -0.25) is 4.98 Å². The molecule has 19 heavy (non-hydrogen) atoms. The highest BCUT2D eigenvalue weighted by Crippen LogP contribution is 2.23. The van der Waals surface area contributed by atoms with E-state index in [-0.39, 0.29) is 6.10 Å². The number of hydrogen-bond donors (Lipinski definition) is 1. The topological polar surface area (TPSA) is 73.1 Å². The van der Waals surface area contributed by atoms with Crippen molar-refractivity contribution in [3.63, 3.8) is 0 Å². The van der Waals surface area contributed by atoms with Gasteiger partial charge >= 0.3 is 0 Å². The lowest BCUT2D eigenvalue weighted by Crippen LogP contribution is -2.39. The SMILES string of the molecule is Brc1cccnc1-c1noc(CC2CNCCO2)n1. The third kappa shape index (κ3) is 2.99. The smallest absolute Gasteiger partial charge is 0.229 e. The maximum Gasteiger partial charge on any atom is 0.229 e. The Bertz CT molecular complexity index is 554. The molecule has 1 fully saturated rings. The molecule has 0 radical (unpaired) electrons. The van der Waals surface area contributed by atoms with E-state index in [4.69, 9.17) is 9.26 Å². The van der Waals surface area contributed by atoms with Crippen molar-refractivity contribution in [1.29, 1.82) is 0 Å². The molecule has 0 aromatic carbocycles. The third-order valence-corrected chi connectivity index (χ3v) is 3.48. The van der Waals surface area contributed by atoms with Gasteiger partial charge in [-0.1, -0.05) is 5.16 Å². The Morgan fingerprint density at radius 1 is 1.47 bits per heavy atom. The second-order valence-corrected chi connectivity index (χ2v) is 5.10. The molecular weight excluding hydrogens is 312 g/mol. The first-order chi connectivity index (χ1) is 9.33. The van der Waals surface area contributed by atoms with E-state index in [1.54, 1.807) is 6.20 Å². The molecule has 7 heteroatoms. The first kappa shape index (κ1) is 12.7. The van der Waals surface area contributed by atoms with Crippen LogP contribution in [0.4, 0.5) is 0 Å². The Morgan fingerprint density at radius 2 is 2.42 bits per heavy atom. The summed E-state index contributed by atoms with van der Waals surface area (Å²) in [7, 11) is 0. The fraction of sp³-hybridized carbons (Fsp3) is 0.417. The van der Waals surface area contributed by atoms with Gasteiger partial charge in [0.15, 0.2) is 0 Å². The van der Waals surface area contributed by atoms with Gasteiger partial charge in [0.1, 0.15) is 5.69 Å². The van der Waals surface area contributed by atoms with E-state index < -0.39 is 0 Å². The van der Waals surface area contributed by atoms with Crippen LogP contribution in [-0.2, 0) is 11.2 Å². The predicted octanol–water partition coefficient (Wildman–Crippen LogP) is 1.42. The van der Waals surface area contributed by atoms with Crippen LogP contribution in [0.2, 0.25) is 0 Å². The molecule has 0 bridgehead atoms. The second-order valence-electron chi connectivity index (χ2n) is 4.25. The molecule has 100 valence electrons. The summed E-state index contributed by atoms with van der Waals surface area (Å²) in [5, 5.41) is 7.23. The van der Waals surface area contributed by atoms with Crippen molar-refractivity contribution in [3.05, 3.63) is 28.7 Å². The van der Waals surface area contributed by atoms with Gasteiger partial charge in [0.05, 0.1) is 19.1 Å². The van der Waals surface area contributed by atoms with Crippen molar-refractivity contribution >= 4 is 15.9 Å². The number of nitrogens with one attached hydrogen (secondary N) is 1. The van der Waals surface area contributed by atoms with Gasteiger partial charge < -0.3 is 14.6 Å². The average molecular weight is 325 g/mol. The summed E-state index contributed by atoms with van der Waals surface area (Å²) in [6.45, 7) is 2.43. The van der Waals surface area contributed by atoms with Crippen LogP contribution in [0.5, 0.6) is 0 Å². The lowest BCUT2D eigenvalue weighted by Gasteiger charge is -2.21. The van der Waals surface area contributed by atoms with Gasteiger partial charge in [-0.15, -0.1) is 0 Å². The normalized spacial score (nSPS) is 19.5. The molecule has 1 aliphatic heterocycles. The van der Waals surface area contributed by atoms with Crippen molar-refractivity contribution in [2.45, 2.75) is 12.5 Å². The Labute approximate surface area is 118 Å². The molecule has 0 saturated carbocycles. The molecule has 1 N–H and O–H groups in total. The average Bonchev–Trinajstić information content (AvgIpc) is 2.89. The van der Waals surface area contributed by atoms with Gasteiger partial charge in [0.25, 0.3) is 0 Å². The molecule has 3 heterocycles. The zero-order chi connectivity index (χ0) is 13.1. The maximum absolute atomic E-state index is 5.61. The van der Waals surface area contributed by atoms with Gasteiger partial charge in [0.2, 0.25) is 11.7 Å². The van der Waals surface area contributed by atoms with Gasteiger partial charge in [-0.2, -0.15) is 4.98 Å². The van der Waals surface area contributed by atoms with Crippen LogP contribution in [-0.4, -0.2) is 40.9 Å². The van der Waals surface area contributed by atoms with E-state index >= 15 is 0 Å². The standard InChI is InChI=1S/C12H13BrN4O2/c13-9-2-1-3-15-11(9)12-16-10(19-17-12)6-8-7-14-4-5-18-8/h1-3,8,14H,4-7H2. The highest BCUT2D eigenvalue weighted by Gasteiger charge is 2.19. The van der Waals surface area contributed by atoms with Crippen LogP contribution in [0.3, 0.4) is 0 Å². The van der Waals surface area contributed by atoms with E-state index in [2.05, 4.69) is 36.4 Å². The molecule has 0 spiro atoms. The highest BCUT2D eigenvalue weighted by molar-refractivity contribution is 9.10. The fourth-order valence-electron chi connectivity index (χ4n) is 1.93. The monoisotopic (exact) mass is 324 g/mol. The van der Waals surface area contributed by atoms with E-state index in [9.17, 15) is 0 Å². The number of nitrogens with zero attached hydrogens (tertiary/aromatic N) is 3. The van der Waals surface area contributed by atoms with Crippen molar-refractivity contribution in [2.24, 2.45) is 0 Å². The maximum atomic E-state index is 5.61. The van der Waals surface area contributed by atoms with Crippen LogP contribution < -0.4 is 5.32 Å². The minimum absolute atomic E-state index is 0.0919. The molecule has 0 amide bonds. The van der Waals surface area contributed by atoms with Crippen molar-refractivity contribution in [2.75, 3.05) is 19.7 Å². The summed E-state index contributed by atoms with van der Waals surface area (Å²) in [4.78, 5) is 8.59. The molecule has 2 aromatic heterocycles. The van der Waals surface area contributed by atoms with E-state index in [1.165, 1.54) is 0 Å². The van der Waals surface area contributed by atoms with Crippen LogP contribution >= 0.6 is 15.9 Å². The van der Waals surface area contributed by atoms with Crippen LogP contribution in [0, 0.1) is 0 Å². The van der Waals surface area contributed by atoms with Gasteiger partial charge in [-0.25, -0.2) is 0 Å². The first-order valence-corrected chi connectivity index (χ1v) is 6.88. The van der Waals surface area contributed by atoms with Crippen LogP contribution in [0.1, 0.15) is 5.89 Å². The Kier molecular flexibility index (Phi) is 3.86. The number of rotatable bonds is 3. The highest BCUT2D eigenvalue weighted by atomic mass is 79.9. The van der Waals surface area contributed by atoms with E-state index in [1.807, 2.05) is 12.1 Å². The Hall–Kier alpha value is -1.31. The Morgan fingerprint density at radius 3 is 3.21 bits per heavy atom. The minimum atomic E-state index is 0.0919. The molecule has 1 saturated heterocycles. The largest absolute Gasteiger partial charge is 0.375 e. The second kappa shape index (κ2) is 5.77. The molecule has 3 rings (SSSR count). The lowest BCUT2D eigenvalue weighted by atomic mass is 10.2. The molecule has 0 aliphatic carbocycles. The van der Waals surface area contributed by atoms with Crippen molar-refractivity contribution < 1.29 is 9.26 Å². The number of morpholine rings is 1. The van der Waals surface area contributed by atoms with Gasteiger partial charge in [0, 0.05) is 23.8 Å². The van der Waals surface area contributed by atoms with Gasteiger partial charge in [-0.05, 0) is 28.1 Å². The summed E-state index contributed by atoms with van der Waals surface area (Å²) >= 11 is 3.42. The van der Waals surface area contributed by atoms with Crippen LogP contribution in [0.15, 0.2) is 27.3 Å². The quantitative estimate of drug-likeness (QED) is 0.920. The predicted molar refractivity (Wildman–Crippen MR) is 71.5 cm³/mol. The summed E-state index contributed by atoms with van der Waals surface area (Å²) in [6.07, 6.45) is 2.41. The number of hydrogen-bond acceptors (Lipinski definition) is 6. The molecule has 1 aliphatic rings. The zero-order valence-corrected chi connectivity index (χ0v) is 11.8. The number of pyridine rings is 1. The van der Waals surface area contributed by atoms with E-state index in [0.717, 1.165) is 24.2 Å². The number of aromatic nitrogens is 3. The fourth-order valence-corrected chi connectivity index (χ4v) is 2.36. The lowest BCUT2D eigenvalue weighted by molar-refractivity contribution is 0.0246. The van der Waals surface area contributed by atoms with Crippen LogP contribution in [0.25, 0.3) is 11.5 Å². The molecule has 6 nitrogen and oxygen atoms in total. The first-order valence-electron chi connectivity index (χ1n) is 6.09. The third-order valence-electron chi connectivity index (χ3n) is 2.85. The molecule has 1 atom stereocenters. The Balaban J connectivity index is 1.74.